The van der Waals surface area contributed by atoms with Crippen LogP contribution in [0.3, 0.4) is 0 Å². The van der Waals surface area contributed by atoms with Crippen molar-refractivity contribution in [1.82, 2.24) is 15.1 Å². The Hall–Kier alpha value is -2.19. The van der Waals surface area contributed by atoms with Gasteiger partial charge in [0.25, 0.3) is 0 Å². The second kappa shape index (κ2) is 5.43. The van der Waals surface area contributed by atoms with E-state index in [1.165, 1.54) is 12.1 Å². The molecule has 1 heterocycles. The van der Waals surface area contributed by atoms with Crippen molar-refractivity contribution < 1.29 is 4.39 Å². The highest BCUT2D eigenvalue weighted by Crippen LogP contribution is 2.08. The smallest absolute Gasteiger partial charge is 0.124 e. The van der Waals surface area contributed by atoms with Gasteiger partial charge in [0, 0.05) is 31.9 Å². The van der Waals surface area contributed by atoms with Crippen molar-refractivity contribution >= 4 is 0 Å². The summed E-state index contributed by atoms with van der Waals surface area (Å²) < 4.78 is 14.9. The predicted molar refractivity (Wildman–Crippen MR) is 64.9 cm³/mol. The maximum Gasteiger partial charge on any atom is 0.124 e. The van der Waals surface area contributed by atoms with Gasteiger partial charge in [-0.2, -0.15) is 10.4 Å². The number of benzene rings is 1. The lowest BCUT2D eigenvalue weighted by Gasteiger charge is -2.04. The van der Waals surface area contributed by atoms with Crippen molar-refractivity contribution in [3.05, 3.63) is 53.1 Å². The van der Waals surface area contributed by atoms with Gasteiger partial charge in [-0.05, 0) is 23.8 Å². The fraction of sp³-hybridized carbons (Fsp3) is 0.231. The third-order valence-corrected chi connectivity index (χ3v) is 2.50. The normalized spacial score (nSPS) is 10.3. The van der Waals surface area contributed by atoms with Crippen molar-refractivity contribution in [2.24, 2.45) is 7.05 Å². The van der Waals surface area contributed by atoms with Crippen LogP contribution in [-0.2, 0) is 20.1 Å². The predicted octanol–water partition coefficient (Wildman–Crippen LogP) is 1.72. The highest BCUT2D eigenvalue weighted by molar-refractivity contribution is 5.33. The van der Waals surface area contributed by atoms with Gasteiger partial charge in [-0.25, -0.2) is 4.39 Å². The quantitative estimate of drug-likeness (QED) is 0.891. The molecule has 0 radical (unpaired) electrons. The second-order valence-electron chi connectivity index (χ2n) is 4.09. The first-order valence-corrected chi connectivity index (χ1v) is 5.55. The zero-order valence-electron chi connectivity index (χ0n) is 10.0. The van der Waals surface area contributed by atoms with E-state index in [1.807, 2.05) is 19.3 Å². The van der Waals surface area contributed by atoms with E-state index in [1.54, 1.807) is 16.9 Å². The standard InChI is InChI=1S/C13H13FN4/c1-18-9-12(8-17-18)7-16-6-11-2-10(5-15)3-13(14)4-11/h2-4,8-9,16H,6-7H2,1H3. The molecule has 0 aliphatic heterocycles. The number of nitriles is 1. The van der Waals surface area contributed by atoms with Gasteiger partial charge in [0.1, 0.15) is 5.82 Å². The number of rotatable bonds is 4. The molecule has 1 aromatic carbocycles. The molecule has 2 rings (SSSR count). The second-order valence-corrected chi connectivity index (χ2v) is 4.09. The molecule has 0 amide bonds. The van der Waals surface area contributed by atoms with Crippen LogP contribution in [0.5, 0.6) is 0 Å². The van der Waals surface area contributed by atoms with Gasteiger partial charge < -0.3 is 5.32 Å². The molecule has 4 nitrogen and oxygen atoms in total. The van der Waals surface area contributed by atoms with Crippen LogP contribution in [0.2, 0.25) is 0 Å². The fourth-order valence-electron chi connectivity index (χ4n) is 1.73. The molecular formula is C13H13FN4. The summed E-state index contributed by atoms with van der Waals surface area (Å²) in [6, 6.07) is 6.27. The van der Waals surface area contributed by atoms with Crippen LogP contribution in [-0.4, -0.2) is 9.78 Å². The minimum absolute atomic E-state index is 0.341. The van der Waals surface area contributed by atoms with Crippen LogP contribution in [0.1, 0.15) is 16.7 Å². The first-order chi connectivity index (χ1) is 8.67. The summed E-state index contributed by atoms with van der Waals surface area (Å²) in [5.41, 5.74) is 2.16. The first kappa shape index (κ1) is 12.3. The molecule has 0 unspecified atom stereocenters. The van der Waals surface area contributed by atoms with Crippen molar-refractivity contribution in [1.29, 1.82) is 5.26 Å². The van der Waals surface area contributed by atoms with E-state index in [0.717, 1.165) is 11.1 Å². The molecule has 0 aliphatic carbocycles. The SMILES string of the molecule is Cn1cc(CNCc2cc(F)cc(C#N)c2)cn1. The molecule has 0 fully saturated rings. The molecule has 0 atom stereocenters. The maximum absolute atomic E-state index is 13.2. The first-order valence-electron chi connectivity index (χ1n) is 5.55. The third kappa shape index (κ3) is 3.15. The van der Waals surface area contributed by atoms with Gasteiger partial charge in [-0.15, -0.1) is 0 Å². The lowest BCUT2D eigenvalue weighted by atomic mass is 10.1. The van der Waals surface area contributed by atoms with E-state index >= 15 is 0 Å². The summed E-state index contributed by atoms with van der Waals surface area (Å²) in [5, 5.41) is 16.0. The van der Waals surface area contributed by atoms with Crippen LogP contribution in [0.15, 0.2) is 30.6 Å². The molecule has 1 aromatic heterocycles. The van der Waals surface area contributed by atoms with Crippen LogP contribution in [0.25, 0.3) is 0 Å². The lowest BCUT2D eigenvalue weighted by Crippen LogP contribution is -2.12. The van der Waals surface area contributed by atoms with E-state index in [0.29, 0.717) is 18.7 Å². The van der Waals surface area contributed by atoms with Crippen molar-refractivity contribution in [2.75, 3.05) is 0 Å². The Morgan fingerprint density at radius 3 is 2.78 bits per heavy atom. The maximum atomic E-state index is 13.2. The van der Waals surface area contributed by atoms with Crippen LogP contribution >= 0.6 is 0 Å². The number of hydrogen-bond donors (Lipinski definition) is 1. The van der Waals surface area contributed by atoms with E-state index in [9.17, 15) is 4.39 Å². The molecule has 0 saturated heterocycles. The summed E-state index contributed by atoms with van der Waals surface area (Å²) in [7, 11) is 1.86. The fourth-order valence-corrected chi connectivity index (χ4v) is 1.73. The van der Waals surface area contributed by atoms with E-state index in [4.69, 9.17) is 5.26 Å². The molecule has 0 saturated carbocycles. The van der Waals surface area contributed by atoms with Gasteiger partial charge in [-0.3, -0.25) is 4.68 Å². The minimum atomic E-state index is -0.382. The van der Waals surface area contributed by atoms with Crippen molar-refractivity contribution in [2.45, 2.75) is 13.1 Å². The van der Waals surface area contributed by atoms with Gasteiger partial charge in [0.05, 0.1) is 17.8 Å². The summed E-state index contributed by atoms with van der Waals surface area (Å²) in [6.07, 6.45) is 3.69. The molecule has 18 heavy (non-hydrogen) atoms. The van der Waals surface area contributed by atoms with Gasteiger partial charge >= 0.3 is 0 Å². The number of hydrogen-bond acceptors (Lipinski definition) is 3. The molecule has 0 aliphatic rings. The highest BCUT2D eigenvalue weighted by Gasteiger charge is 2.01. The Kier molecular flexibility index (Phi) is 3.70. The monoisotopic (exact) mass is 244 g/mol. The van der Waals surface area contributed by atoms with Crippen molar-refractivity contribution in [3.63, 3.8) is 0 Å². The molecule has 92 valence electrons. The van der Waals surface area contributed by atoms with Crippen molar-refractivity contribution in [3.8, 4) is 6.07 Å². The van der Waals surface area contributed by atoms with Crippen LogP contribution in [0.4, 0.5) is 4.39 Å². The highest BCUT2D eigenvalue weighted by atomic mass is 19.1. The summed E-state index contributed by atoms with van der Waals surface area (Å²) in [4.78, 5) is 0. The van der Waals surface area contributed by atoms with Gasteiger partial charge in [0.2, 0.25) is 0 Å². The molecular weight excluding hydrogens is 231 g/mol. The molecule has 2 aromatic rings. The van der Waals surface area contributed by atoms with E-state index in [-0.39, 0.29) is 5.82 Å². The molecule has 0 spiro atoms. The van der Waals surface area contributed by atoms with Crippen LogP contribution in [0, 0.1) is 17.1 Å². The zero-order chi connectivity index (χ0) is 13.0. The Morgan fingerprint density at radius 1 is 1.33 bits per heavy atom. The minimum Gasteiger partial charge on any atom is -0.309 e. The number of aryl methyl sites for hydroxylation is 1. The lowest BCUT2D eigenvalue weighted by molar-refractivity contribution is 0.619. The average molecular weight is 244 g/mol. The largest absolute Gasteiger partial charge is 0.309 e. The zero-order valence-corrected chi connectivity index (χ0v) is 10.0. The third-order valence-electron chi connectivity index (χ3n) is 2.50. The topological polar surface area (TPSA) is 53.6 Å². The number of nitrogens with one attached hydrogen (secondary N) is 1. The van der Waals surface area contributed by atoms with Gasteiger partial charge in [0.15, 0.2) is 0 Å². The van der Waals surface area contributed by atoms with Crippen LogP contribution < -0.4 is 5.32 Å². The number of nitrogens with zero attached hydrogens (tertiary/aromatic N) is 3. The number of aromatic nitrogens is 2. The summed E-state index contributed by atoms with van der Waals surface area (Å²) >= 11 is 0. The Labute approximate surface area is 105 Å². The van der Waals surface area contributed by atoms with E-state index in [2.05, 4.69) is 10.4 Å². The summed E-state index contributed by atoms with van der Waals surface area (Å²) in [6.45, 7) is 1.17. The molecule has 5 heteroatoms. The Morgan fingerprint density at radius 2 is 2.11 bits per heavy atom. The number of halogens is 1. The molecule has 1 N–H and O–H groups in total. The Bertz CT molecular complexity index is 583. The summed E-state index contributed by atoms with van der Waals surface area (Å²) in [5.74, 6) is -0.382. The van der Waals surface area contributed by atoms with Gasteiger partial charge in [-0.1, -0.05) is 0 Å². The molecule has 0 bridgehead atoms. The Balaban J connectivity index is 1.94. The average Bonchev–Trinajstić information content (AvgIpc) is 2.74. The van der Waals surface area contributed by atoms with E-state index < -0.39 is 0 Å².